The van der Waals surface area contributed by atoms with E-state index in [0.717, 1.165) is 41.0 Å². The van der Waals surface area contributed by atoms with Crippen molar-refractivity contribution in [1.29, 1.82) is 0 Å². The van der Waals surface area contributed by atoms with Gasteiger partial charge in [0.25, 0.3) is 0 Å². The average Bonchev–Trinajstić information content (AvgIpc) is 3.12. The maximum Gasteiger partial charge on any atom is 0.414 e. The van der Waals surface area contributed by atoms with Gasteiger partial charge in [-0.1, -0.05) is 18.7 Å². The highest BCUT2D eigenvalue weighted by Crippen LogP contribution is 2.29. The van der Waals surface area contributed by atoms with Gasteiger partial charge in [-0.15, -0.1) is 10.2 Å². The Bertz CT molecular complexity index is 798. The molecule has 1 heterocycles. The number of ether oxygens (including phenoxy) is 1. The van der Waals surface area contributed by atoms with Crippen molar-refractivity contribution in [1.82, 2.24) is 19.7 Å². The molecular formula is C19H29N5O5S. The fourth-order valence-corrected chi connectivity index (χ4v) is 3.51. The van der Waals surface area contributed by atoms with E-state index in [2.05, 4.69) is 40.7 Å². The van der Waals surface area contributed by atoms with E-state index in [1.54, 1.807) is 18.9 Å². The molecule has 1 aromatic heterocycles. The number of nitrogens with two attached hydrogens (primary N) is 1. The molecule has 11 heteroatoms. The van der Waals surface area contributed by atoms with Crippen LogP contribution >= 0.6 is 11.8 Å². The third kappa shape index (κ3) is 7.32. The summed E-state index contributed by atoms with van der Waals surface area (Å²) in [5.41, 5.74) is 6.66. The Morgan fingerprint density at radius 1 is 1.20 bits per heavy atom. The first-order valence-electron chi connectivity index (χ1n) is 9.31. The van der Waals surface area contributed by atoms with Gasteiger partial charge < -0.3 is 20.7 Å². The molecular weight excluding hydrogens is 410 g/mol. The van der Waals surface area contributed by atoms with Crippen LogP contribution in [-0.2, 0) is 9.59 Å². The van der Waals surface area contributed by atoms with Crippen LogP contribution in [0.2, 0.25) is 0 Å². The molecule has 0 saturated carbocycles. The molecule has 0 aliphatic rings. The van der Waals surface area contributed by atoms with Crippen molar-refractivity contribution in [3.8, 4) is 11.4 Å². The third-order valence-corrected chi connectivity index (χ3v) is 5.07. The van der Waals surface area contributed by atoms with Crippen LogP contribution in [0, 0.1) is 0 Å². The number of thioether (sulfide) groups is 1. The normalized spacial score (nSPS) is 11.5. The highest BCUT2D eigenvalue weighted by atomic mass is 32.2. The SMILES string of the molecule is CCC(c1nnc(SCCCN)n1-c1ccc(OC)cc1)N(C)C.O=C(O)C(=O)O. The highest BCUT2D eigenvalue weighted by molar-refractivity contribution is 7.99. The van der Waals surface area contributed by atoms with E-state index in [9.17, 15) is 0 Å². The predicted octanol–water partition coefficient (Wildman–Crippen LogP) is 1.89. The van der Waals surface area contributed by atoms with Crippen molar-refractivity contribution in [3.63, 3.8) is 0 Å². The summed E-state index contributed by atoms with van der Waals surface area (Å²) in [6.07, 6.45) is 1.93. The summed E-state index contributed by atoms with van der Waals surface area (Å²) < 4.78 is 7.41. The van der Waals surface area contributed by atoms with Crippen molar-refractivity contribution in [3.05, 3.63) is 30.1 Å². The first-order chi connectivity index (χ1) is 14.3. The van der Waals surface area contributed by atoms with Crippen molar-refractivity contribution in [2.24, 2.45) is 5.73 Å². The smallest absolute Gasteiger partial charge is 0.414 e. The second-order valence-electron chi connectivity index (χ2n) is 6.36. The summed E-state index contributed by atoms with van der Waals surface area (Å²) in [6.45, 7) is 2.85. The molecule has 2 aromatic rings. The molecule has 1 unspecified atom stereocenters. The molecule has 0 aliphatic heterocycles. The fourth-order valence-electron chi connectivity index (χ4n) is 2.59. The van der Waals surface area contributed by atoms with Crippen LogP contribution < -0.4 is 10.5 Å². The van der Waals surface area contributed by atoms with E-state index >= 15 is 0 Å². The summed E-state index contributed by atoms with van der Waals surface area (Å²) in [6, 6.07) is 8.22. The molecule has 30 heavy (non-hydrogen) atoms. The van der Waals surface area contributed by atoms with Gasteiger partial charge in [-0.3, -0.25) is 9.47 Å². The molecule has 0 spiro atoms. The number of methoxy groups -OCH3 is 1. The van der Waals surface area contributed by atoms with Crippen LogP contribution in [0.1, 0.15) is 31.6 Å². The third-order valence-electron chi connectivity index (χ3n) is 4.06. The van der Waals surface area contributed by atoms with Crippen LogP contribution in [0.4, 0.5) is 0 Å². The Kier molecular flexibility index (Phi) is 10.9. The zero-order chi connectivity index (χ0) is 22.7. The first kappa shape index (κ1) is 25.4. The Morgan fingerprint density at radius 3 is 2.23 bits per heavy atom. The van der Waals surface area contributed by atoms with Crippen LogP contribution in [0.25, 0.3) is 5.69 Å². The molecule has 0 bridgehead atoms. The standard InChI is InChI=1S/C17H27N5OS.C2H2O4/c1-5-15(21(2)3)16-19-20-17(24-12-6-11-18)22(16)13-7-9-14(23-4)10-8-13;3-1(4)2(5)6/h7-10,15H,5-6,11-12,18H2,1-4H3;(H,3,4)(H,5,6). The molecule has 1 atom stereocenters. The quantitative estimate of drug-likeness (QED) is 0.301. The van der Waals surface area contributed by atoms with Gasteiger partial charge in [-0.2, -0.15) is 0 Å². The number of rotatable bonds is 9. The van der Waals surface area contributed by atoms with Gasteiger partial charge in [0.2, 0.25) is 0 Å². The lowest BCUT2D eigenvalue weighted by Gasteiger charge is -2.23. The topological polar surface area (TPSA) is 144 Å². The van der Waals surface area contributed by atoms with Gasteiger partial charge in [-0.05, 0) is 57.7 Å². The monoisotopic (exact) mass is 439 g/mol. The van der Waals surface area contributed by atoms with E-state index in [1.807, 2.05) is 24.3 Å². The van der Waals surface area contributed by atoms with Crippen molar-refractivity contribution in [2.75, 3.05) is 33.5 Å². The van der Waals surface area contributed by atoms with Crippen molar-refractivity contribution < 1.29 is 24.5 Å². The van der Waals surface area contributed by atoms with Crippen molar-refractivity contribution in [2.45, 2.75) is 31.0 Å². The summed E-state index contributed by atoms with van der Waals surface area (Å²) in [5, 5.41) is 24.6. The second kappa shape index (κ2) is 12.8. The molecule has 10 nitrogen and oxygen atoms in total. The van der Waals surface area contributed by atoms with Crippen molar-refractivity contribution >= 4 is 23.7 Å². The molecule has 4 N–H and O–H groups in total. The molecule has 0 saturated heterocycles. The van der Waals surface area contributed by atoms with Gasteiger partial charge in [-0.25, -0.2) is 9.59 Å². The predicted molar refractivity (Wildman–Crippen MR) is 114 cm³/mol. The Morgan fingerprint density at radius 2 is 1.80 bits per heavy atom. The number of hydrogen-bond acceptors (Lipinski definition) is 8. The van der Waals surface area contributed by atoms with Gasteiger partial charge in [0.1, 0.15) is 5.75 Å². The lowest BCUT2D eigenvalue weighted by atomic mass is 10.2. The zero-order valence-electron chi connectivity index (χ0n) is 17.6. The fraction of sp³-hybridized carbons (Fsp3) is 0.474. The maximum atomic E-state index is 9.10. The van der Waals surface area contributed by atoms with E-state index < -0.39 is 11.9 Å². The summed E-state index contributed by atoms with van der Waals surface area (Å²) in [7, 11) is 5.82. The molecule has 166 valence electrons. The Hall–Kier alpha value is -2.63. The Balaban J connectivity index is 0.000000656. The average molecular weight is 440 g/mol. The maximum absolute atomic E-state index is 9.10. The summed E-state index contributed by atoms with van der Waals surface area (Å²) >= 11 is 1.70. The van der Waals surface area contributed by atoms with E-state index in [4.69, 9.17) is 30.3 Å². The first-order valence-corrected chi connectivity index (χ1v) is 10.3. The lowest BCUT2D eigenvalue weighted by molar-refractivity contribution is -0.159. The molecule has 0 amide bonds. The number of carboxylic acid groups (broad SMARTS) is 2. The molecule has 0 fully saturated rings. The van der Waals surface area contributed by atoms with Gasteiger partial charge in [0.15, 0.2) is 11.0 Å². The Labute approximate surface area is 180 Å². The number of carboxylic acids is 2. The van der Waals surface area contributed by atoms with E-state index in [-0.39, 0.29) is 6.04 Å². The minimum Gasteiger partial charge on any atom is -0.497 e. The molecule has 2 rings (SSSR count). The van der Waals surface area contributed by atoms with Crippen LogP contribution in [0.5, 0.6) is 5.75 Å². The number of benzene rings is 1. The highest BCUT2D eigenvalue weighted by Gasteiger charge is 2.23. The largest absolute Gasteiger partial charge is 0.497 e. The minimum absolute atomic E-state index is 0.212. The number of aliphatic carboxylic acids is 2. The summed E-state index contributed by atoms with van der Waals surface area (Å²) in [5.74, 6) is -0.915. The van der Waals surface area contributed by atoms with Gasteiger partial charge in [0, 0.05) is 11.4 Å². The molecule has 1 aromatic carbocycles. The number of nitrogens with zero attached hydrogens (tertiary/aromatic N) is 4. The number of hydrogen-bond donors (Lipinski definition) is 3. The molecule has 0 radical (unpaired) electrons. The van der Waals surface area contributed by atoms with Gasteiger partial charge in [0.05, 0.1) is 13.2 Å². The van der Waals surface area contributed by atoms with Gasteiger partial charge >= 0.3 is 11.9 Å². The molecule has 0 aliphatic carbocycles. The lowest BCUT2D eigenvalue weighted by Crippen LogP contribution is -2.22. The van der Waals surface area contributed by atoms with Crippen LogP contribution in [-0.4, -0.2) is 75.3 Å². The van der Waals surface area contributed by atoms with Crippen LogP contribution in [0.15, 0.2) is 29.4 Å². The number of carbonyl (C=O) groups is 2. The van der Waals surface area contributed by atoms with E-state index in [0.29, 0.717) is 6.54 Å². The number of aromatic nitrogens is 3. The zero-order valence-corrected chi connectivity index (χ0v) is 18.4. The van der Waals surface area contributed by atoms with E-state index in [1.165, 1.54) is 0 Å². The second-order valence-corrected chi connectivity index (χ2v) is 7.42. The minimum atomic E-state index is -1.82. The summed E-state index contributed by atoms with van der Waals surface area (Å²) in [4.78, 5) is 20.4. The van der Waals surface area contributed by atoms with Crippen LogP contribution in [0.3, 0.4) is 0 Å².